The highest BCUT2D eigenvalue weighted by Gasteiger charge is 2.34. The zero-order chi connectivity index (χ0) is 39.9. The van der Waals surface area contributed by atoms with E-state index < -0.39 is 30.0 Å². The number of ketones is 1. The Hall–Kier alpha value is -5.32. The molecule has 10 heteroatoms. The number of Topliss-reactive ketones (excluding diaryl/α,β-unsaturated/α-hetero) is 1. The number of hydrogen-bond donors (Lipinski definition) is 4. The Labute approximate surface area is 331 Å². The quantitative estimate of drug-likeness (QED) is 0.0492. The van der Waals surface area contributed by atoms with Crippen LogP contribution in [-0.4, -0.2) is 70.7 Å². The van der Waals surface area contributed by atoms with Gasteiger partial charge < -0.3 is 25.4 Å². The Morgan fingerprint density at radius 1 is 0.768 bits per heavy atom. The van der Waals surface area contributed by atoms with E-state index in [9.17, 15) is 24.3 Å². The highest BCUT2D eigenvalue weighted by Crippen LogP contribution is 2.27. The Kier molecular flexibility index (Phi) is 15.4. The molecule has 0 spiro atoms. The number of fused-ring (bicyclic) bond motifs is 1. The molecule has 1 heterocycles. The average Bonchev–Trinajstić information content (AvgIpc) is 3.20. The van der Waals surface area contributed by atoms with Gasteiger partial charge >= 0.3 is 6.09 Å². The molecule has 10 nitrogen and oxygen atoms in total. The minimum Gasteiger partial charge on any atom is -0.444 e. The van der Waals surface area contributed by atoms with E-state index in [1.165, 1.54) is 0 Å². The molecule has 5 rings (SSSR count). The standard InChI is InChI=1S/C46H56N4O6/c1-46(2,3)56-45(55)49-39(43(53)48-31-38(33-18-7-4-8-19-33)34-20-9-5-10-21-34)26-15-16-29-47-44(54)40-30-36-24-13-14-25-37(36)32-50(40)42(52)28-17-27-41(51)35-22-11-6-12-23-35/h4-14,18-25,38-40,44,47,54H,15-17,26-32H2,1-3H3,(H,48,53)(H,49,55)/t39-,40-,44?/m0/s1. The predicted octanol–water partition coefficient (Wildman–Crippen LogP) is 6.91. The first-order chi connectivity index (χ1) is 27.0. The molecular formula is C46H56N4O6. The van der Waals surface area contributed by atoms with Crippen LogP contribution in [0.25, 0.3) is 0 Å². The van der Waals surface area contributed by atoms with E-state index in [0.29, 0.717) is 57.3 Å². The van der Waals surface area contributed by atoms with E-state index in [1.54, 1.807) is 37.8 Å². The first-order valence-corrected chi connectivity index (χ1v) is 19.7. The van der Waals surface area contributed by atoms with Gasteiger partial charge in [0, 0.05) is 37.4 Å². The minimum absolute atomic E-state index is 0.00483. The maximum absolute atomic E-state index is 13.7. The number of carbonyl (C=O) groups is 4. The van der Waals surface area contributed by atoms with E-state index in [2.05, 4.69) is 16.0 Å². The second kappa shape index (κ2) is 20.6. The Morgan fingerprint density at radius 3 is 1.98 bits per heavy atom. The van der Waals surface area contributed by atoms with Crippen molar-refractivity contribution in [1.82, 2.24) is 20.9 Å². The van der Waals surface area contributed by atoms with Crippen molar-refractivity contribution < 1.29 is 29.0 Å². The molecular weight excluding hydrogens is 705 g/mol. The smallest absolute Gasteiger partial charge is 0.408 e. The Bertz CT molecular complexity index is 1830. The Morgan fingerprint density at radius 2 is 1.36 bits per heavy atom. The third-order valence-corrected chi connectivity index (χ3v) is 10.0. The molecule has 0 aliphatic carbocycles. The third kappa shape index (κ3) is 12.6. The van der Waals surface area contributed by atoms with E-state index >= 15 is 0 Å². The topological polar surface area (TPSA) is 137 Å². The van der Waals surface area contributed by atoms with Crippen molar-refractivity contribution in [2.45, 2.75) is 102 Å². The summed E-state index contributed by atoms with van der Waals surface area (Å²) < 4.78 is 5.50. The van der Waals surface area contributed by atoms with Crippen LogP contribution in [-0.2, 0) is 27.3 Å². The molecule has 1 unspecified atom stereocenters. The summed E-state index contributed by atoms with van der Waals surface area (Å²) >= 11 is 0. The number of ether oxygens (including phenoxy) is 1. The van der Waals surface area contributed by atoms with Gasteiger partial charge in [-0.2, -0.15) is 0 Å². The third-order valence-electron chi connectivity index (χ3n) is 10.0. The Balaban J connectivity index is 1.16. The van der Waals surface area contributed by atoms with Crippen LogP contribution in [0.5, 0.6) is 0 Å². The second-order valence-corrected chi connectivity index (χ2v) is 15.4. The number of hydrogen-bond acceptors (Lipinski definition) is 7. The molecule has 3 atom stereocenters. The zero-order valence-corrected chi connectivity index (χ0v) is 32.8. The summed E-state index contributed by atoms with van der Waals surface area (Å²) in [4.78, 5) is 54.5. The van der Waals surface area contributed by atoms with Crippen molar-refractivity contribution in [3.63, 3.8) is 0 Å². The summed E-state index contributed by atoms with van der Waals surface area (Å²) in [6.45, 7) is 6.47. The zero-order valence-electron chi connectivity index (χ0n) is 32.8. The highest BCUT2D eigenvalue weighted by atomic mass is 16.6. The maximum Gasteiger partial charge on any atom is 0.408 e. The molecule has 0 radical (unpaired) electrons. The van der Waals surface area contributed by atoms with Gasteiger partial charge in [-0.05, 0) is 81.7 Å². The van der Waals surface area contributed by atoms with Crippen LogP contribution < -0.4 is 16.0 Å². The maximum atomic E-state index is 13.7. The van der Waals surface area contributed by atoms with E-state index in [4.69, 9.17) is 4.74 Å². The number of aliphatic hydroxyl groups excluding tert-OH is 1. The average molecular weight is 761 g/mol. The monoisotopic (exact) mass is 760 g/mol. The van der Waals surface area contributed by atoms with E-state index in [-0.39, 0.29) is 36.4 Å². The minimum atomic E-state index is -0.995. The van der Waals surface area contributed by atoms with Gasteiger partial charge in [0.1, 0.15) is 17.9 Å². The second-order valence-electron chi connectivity index (χ2n) is 15.4. The van der Waals surface area contributed by atoms with E-state index in [1.807, 2.05) is 103 Å². The van der Waals surface area contributed by atoms with Crippen LogP contribution in [0, 0.1) is 0 Å². The van der Waals surface area contributed by atoms with Crippen molar-refractivity contribution in [3.8, 4) is 0 Å². The van der Waals surface area contributed by atoms with Crippen molar-refractivity contribution >= 4 is 23.7 Å². The highest BCUT2D eigenvalue weighted by molar-refractivity contribution is 5.96. The molecule has 4 aromatic rings. The molecule has 4 aromatic carbocycles. The van der Waals surface area contributed by atoms with Gasteiger partial charge in [0.05, 0.1) is 6.04 Å². The van der Waals surface area contributed by atoms with Gasteiger partial charge in [0.15, 0.2) is 5.78 Å². The molecule has 1 aliphatic heterocycles. The first-order valence-electron chi connectivity index (χ1n) is 19.7. The van der Waals surface area contributed by atoms with Gasteiger partial charge in [-0.25, -0.2) is 4.79 Å². The van der Waals surface area contributed by atoms with Crippen molar-refractivity contribution in [3.05, 3.63) is 143 Å². The number of nitrogens with one attached hydrogen (secondary N) is 3. The van der Waals surface area contributed by atoms with Gasteiger partial charge in [-0.1, -0.05) is 115 Å². The number of aliphatic hydroxyl groups is 1. The number of benzene rings is 4. The SMILES string of the molecule is CC(C)(C)OC(=O)N[C@@H](CCCCNC(O)[C@@H]1Cc2ccccc2CN1C(=O)CCCC(=O)c1ccccc1)C(=O)NCC(c1ccccc1)c1ccccc1. The van der Waals surface area contributed by atoms with Crippen molar-refractivity contribution in [2.75, 3.05) is 13.1 Å². The molecule has 56 heavy (non-hydrogen) atoms. The summed E-state index contributed by atoms with van der Waals surface area (Å²) in [5.74, 6) is -0.481. The fraction of sp³-hybridized carbons (Fsp3) is 0.391. The molecule has 1 aliphatic rings. The largest absolute Gasteiger partial charge is 0.444 e. The number of alkyl carbamates (subject to hydrolysis) is 1. The molecule has 3 amide bonds. The summed E-state index contributed by atoms with van der Waals surface area (Å²) in [6.07, 6.45) is 1.26. The number of carbonyl (C=O) groups excluding carboxylic acids is 4. The number of nitrogens with zero attached hydrogens (tertiary/aromatic N) is 1. The van der Waals surface area contributed by atoms with Crippen LogP contribution in [0.1, 0.15) is 97.8 Å². The number of rotatable bonds is 18. The lowest BCUT2D eigenvalue weighted by Gasteiger charge is -2.40. The van der Waals surface area contributed by atoms with E-state index in [0.717, 1.165) is 22.3 Å². The van der Waals surface area contributed by atoms with Crippen molar-refractivity contribution in [1.29, 1.82) is 0 Å². The normalized spacial score (nSPS) is 15.0. The van der Waals surface area contributed by atoms with Crippen molar-refractivity contribution in [2.24, 2.45) is 0 Å². The summed E-state index contributed by atoms with van der Waals surface area (Å²) in [7, 11) is 0. The molecule has 0 fully saturated rings. The molecule has 296 valence electrons. The number of amides is 3. The lowest BCUT2D eigenvalue weighted by molar-refractivity contribution is -0.138. The van der Waals surface area contributed by atoms with Crippen LogP contribution in [0.15, 0.2) is 115 Å². The first kappa shape index (κ1) is 41.8. The summed E-state index contributed by atoms with van der Waals surface area (Å²) in [5.41, 5.74) is 4.18. The predicted molar refractivity (Wildman–Crippen MR) is 218 cm³/mol. The fourth-order valence-electron chi connectivity index (χ4n) is 7.12. The molecule has 4 N–H and O–H groups in total. The van der Waals surface area contributed by atoms with Crippen LogP contribution >= 0.6 is 0 Å². The van der Waals surface area contributed by atoms with Gasteiger partial charge in [-0.3, -0.25) is 19.7 Å². The fourth-order valence-corrected chi connectivity index (χ4v) is 7.12. The van der Waals surface area contributed by atoms with Crippen LogP contribution in [0.2, 0.25) is 0 Å². The van der Waals surface area contributed by atoms with Gasteiger partial charge in [0.2, 0.25) is 11.8 Å². The van der Waals surface area contributed by atoms with Gasteiger partial charge in [-0.15, -0.1) is 0 Å². The number of unbranched alkanes of at least 4 members (excludes halogenated alkanes) is 1. The summed E-state index contributed by atoms with van der Waals surface area (Å²) in [6, 6.07) is 35.7. The van der Waals surface area contributed by atoms with Crippen LogP contribution in [0.4, 0.5) is 4.79 Å². The molecule has 0 saturated carbocycles. The lowest BCUT2D eigenvalue weighted by atomic mass is 9.91. The molecule has 0 saturated heterocycles. The van der Waals surface area contributed by atoms with Gasteiger partial charge in [0.25, 0.3) is 0 Å². The van der Waals surface area contributed by atoms with Crippen LogP contribution in [0.3, 0.4) is 0 Å². The summed E-state index contributed by atoms with van der Waals surface area (Å²) in [5, 5.41) is 20.5. The lowest BCUT2D eigenvalue weighted by Crippen LogP contribution is -2.55. The molecule has 0 aromatic heterocycles. The molecule has 0 bridgehead atoms.